The minimum Gasteiger partial charge on any atom is -0.457 e. The van der Waals surface area contributed by atoms with Crippen molar-refractivity contribution in [2.75, 3.05) is 0 Å². The summed E-state index contributed by atoms with van der Waals surface area (Å²) in [7, 11) is 0. The fourth-order valence-electron chi connectivity index (χ4n) is 3.63. The van der Waals surface area contributed by atoms with E-state index >= 15 is 0 Å². The highest BCUT2D eigenvalue weighted by Crippen LogP contribution is 2.45. The summed E-state index contributed by atoms with van der Waals surface area (Å²) in [5, 5.41) is 33.5. The fourth-order valence-corrected chi connectivity index (χ4v) is 3.63. The maximum Gasteiger partial charge on any atom is 0.343 e. The van der Waals surface area contributed by atoms with Crippen molar-refractivity contribution in [1.82, 2.24) is 5.32 Å². The van der Waals surface area contributed by atoms with Gasteiger partial charge in [0.05, 0.1) is 5.92 Å². The molecule has 3 rings (SSSR count). The van der Waals surface area contributed by atoms with Gasteiger partial charge in [-0.25, -0.2) is 4.79 Å². The minimum absolute atomic E-state index is 0.0184. The lowest BCUT2D eigenvalue weighted by molar-refractivity contribution is -0.584. The van der Waals surface area contributed by atoms with Gasteiger partial charge < -0.3 is 20.1 Å². The predicted octanol–water partition coefficient (Wildman–Crippen LogP) is -4.65. The van der Waals surface area contributed by atoms with Crippen molar-refractivity contribution < 1.29 is 29.8 Å². The number of carbonyl (C=O) groups is 1. The number of aliphatic hydroxyl groups is 3. The molecule has 1 spiro atoms. The van der Waals surface area contributed by atoms with Gasteiger partial charge >= 0.3 is 11.9 Å². The van der Waals surface area contributed by atoms with Gasteiger partial charge in [-0.3, -0.25) is 16.0 Å². The van der Waals surface area contributed by atoms with Gasteiger partial charge in [-0.05, 0) is 12.3 Å². The Balaban J connectivity index is 2.13. The van der Waals surface area contributed by atoms with E-state index in [9.17, 15) is 20.1 Å². The van der Waals surface area contributed by atoms with Crippen LogP contribution in [0.15, 0.2) is 0 Å². The summed E-state index contributed by atoms with van der Waals surface area (Å²) in [6.07, 6.45) is -3.98. The molecule has 106 valence electrons. The molecule has 1 saturated heterocycles. The third kappa shape index (κ3) is 1.44. The van der Waals surface area contributed by atoms with Crippen molar-refractivity contribution in [1.29, 1.82) is 0 Å². The summed E-state index contributed by atoms with van der Waals surface area (Å²) in [5.41, 5.74) is 4.23. The first-order valence-corrected chi connectivity index (χ1v) is 6.29. The van der Waals surface area contributed by atoms with Gasteiger partial charge in [0, 0.05) is 0 Å². The molecule has 2 heterocycles. The van der Waals surface area contributed by atoms with E-state index in [0.717, 1.165) is 0 Å². The number of rotatable bonds is 0. The highest BCUT2D eigenvalue weighted by Gasteiger charge is 2.69. The third-order valence-corrected chi connectivity index (χ3v) is 4.56. The second-order valence-electron chi connectivity index (χ2n) is 5.63. The fraction of sp³-hybridized carbons (Fsp3) is 0.818. The van der Waals surface area contributed by atoms with Gasteiger partial charge in [0.1, 0.15) is 12.2 Å². The first-order valence-electron chi connectivity index (χ1n) is 6.29. The summed E-state index contributed by atoms with van der Waals surface area (Å²) in [4.78, 5) is 14.4. The number of esters is 1. The van der Waals surface area contributed by atoms with Crippen molar-refractivity contribution in [3.8, 4) is 0 Å². The largest absolute Gasteiger partial charge is 0.457 e. The summed E-state index contributed by atoms with van der Waals surface area (Å²) < 4.78 is 5.08. The summed E-state index contributed by atoms with van der Waals surface area (Å²) in [6, 6.07) is 0. The zero-order chi connectivity index (χ0) is 13.9. The molecule has 8 heteroatoms. The molecule has 0 unspecified atom stereocenters. The van der Waals surface area contributed by atoms with Crippen LogP contribution >= 0.6 is 0 Å². The highest BCUT2D eigenvalue weighted by atomic mass is 16.6. The number of fused-ring (bicyclic) bond motifs is 1. The topological polar surface area (TPSA) is 139 Å². The van der Waals surface area contributed by atoms with Crippen LogP contribution in [0.3, 0.4) is 0 Å². The average molecular weight is 272 g/mol. The van der Waals surface area contributed by atoms with E-state index in [4.69, 9.17) is 10.5 Å². The number of hydrogen-bond donors (Lipinski definition) is 6. The normalized spacial score (nSPS) is 52.6. The zero-order valence-corrected chi connectivity index (χ0v) is 10.4. The van der Waals surface area contributed by atoms with Crippen molar-refractivity contribution >= 4 is 11.9 Å². The van der Waals surface area contributed by atoms with Crippen LogP contribution in [0, 0.1) is 11.8 Å². The van der Waals surface area contributed by atoms with Crippen LogP contribution in [0.4, 0.5) is 0 Å². The van der Waals surface area contributed by atoms with E-state index < -0.39 is 42.0 Å². The maximum absolute atomic E-state index is 11.8. The van der Waals surface area contributed by atoms with Gasteiger partial charge in [0.2, 0.25) is 0 Å². The van der Waals surface area contributed by atoms with Crippen LogP contribution in [-0.4, -0.2) is 57.3 Å². The molecular weight excluding hydrogens is 254 g/mol. The Bertz CT molecular complexity index is 456. The molecule has 0 aromatic rings. The SMILES string of the molecule is C[C@@H]1C[C@@H]2[C@@H](O)[NH+]=C(N)N[C@]23[C@H](O)C(=O)O[C@H]1[C@@H]3O. The smallest absolute Gasteiger partial charge is 0.343 e. The molecule has 2 aliphatic heterocycles. The van der Waals surface area contributed by atoms with Gasteiger partial charge in [0.25, 0.3) is 0 Å². The molecule has 8 nitrogen and oxygen atoms in total. The van der Waals surface area contributed by atoms with Gasteiger partial charge in [-0.2, -0.15) is 0 Å². The predicted molar refractivity (Wildman–Crippen MR) is 61.2 cm³/mol. The Morgan fingerprint density at radius 1 is 1.47 bits per heavy atom. The van der Waals surface area contributed by atoms with E-state index in [1.54, 1.807) is 0 Å². The monoisotopic (exact) mass is 272 g/mol. The van der Waals surface area contributed by atoms with E-state index in [2.05, 4.69) is 10.3 Å². The molecule has 0 amide bonds. The molecule has 7 atom stereocenters. The lowest BCUT2D eigenvalue weighted by Gasteiger charge is -2.56. The number of hydrogen-bond acceptors (Lipinski definition) is 7. The van der Waals surface area contributed by atoms with Crippen LogP contribution in [0.2, 0.25) is 0 Å². The van der Waals surface area contributed by atoms with Crippen molar-refractivity contribution in [2.24, 2.45) is 17.6 Å². The highest BCUT2D eigenvalue weighted by molar-refractivity contribution is 5.81. The van der Waals surface area contributed by atoms with Gasteiger partial charge in [-0.1, -0.05) is 6.92 Å². The second kappa shape index (κ2) is 3.81. The number of carbonyl (C=O) groups excluding carboxylic acids is 1. The van der Waals surface area contributed by atoms with Crippen molar-refractivity contribution in [3.05, 3.63) is 0 Å². The molecule has 0 aromatic heterocycles. The number of aliphatic hydroxyl groups excluding tert-OH is 3. The lowest BCUT2D eigenvalue weighted by atomic mass is 9.61. The number of guanidine groups is 1. The average Bonchev–Trinajstić information content (AvgIpc) is 2.33. The van der Waals surface area contributed by atoms with E-state index in [-0.39, 0.29) is 11.9 Å². The maximum atomic E-state index is 11.8. The Kier molecular flexibility index (Phi) is 2.54. The molecule has 2 fully saturated rings. The van der Waals surface area contributed by atoms with Crippen LogP contribution in [0.5, 0.6) is 0 Å². The van der Waals surface area contributed by atoms with E-state index in [1.807, 2.05) is 6.92 Å². The second-order valence-corrected chi connectivity index (χ2v) is 5.63. The summed E-state index contributed by atoms with van der Waals surface area (Å²) in [6.45, 7) is 1.83. The van der Waals surface area contributed by atoms with Crippen LogP contribution in [0.1, 0.15) is 13.3 Å². The van der Waals surface area contributed by atoms with E-state index in [1.165, 1.54) is 0 Å². The number of ether oxygens (including phenoxy) is 1. The molecule has 7 N–H and O–H groups in total. The summed E-state index contributed by atoms with van der Waals surface area (Å²) >= 11 is 0. The number of nitrogens with one attached hydrogen (secondary N) is 2. The molecule has 1 saturated carbocycles. The Morgan fingerprint density at radius 3 is 2.84 bits per heavy atom. The molecule has 2 bridgehead atoms. The van der Waals surface area contributed by atoms with Crippen LogP contribution in [-0.2, 0) is 9.53 Å². The van der Waals surface area contributed by atoms with Gasteiger partial charge in [-0.15, -0.1) is 0 Å². The lowest BCUT2D eigenvalue weighted by Crippen LogP contribution is -2.97. The first kappa shape index (κ1) is 12.6. The molecule has 1 aliphatic carbocycles. The van der Waals surface area contributed by atoms with Crippen LogP contribution < -0.4 is 16.0 Å². The van der Waals surface area contributed by atoms with Crippen molar-refractivity contribution in [3.63, 3.8) is 0 Å². The Morgan fingerprint density at radius 2 is 2.16 bits per heavy atom. The molecule has 19 heavy (non-hydrogen) atoms. The quantitative estimate of drug-likeness (QED) is 0.244. The van der Waals surface area contributed by atoms with Crippen LogP contribution in [0.25, 0.3) is 0 Å². The molecule has 3 aliphatic rings. The van der Waals surface area contributed by atoms with E-state index in [0.29, 0.717) is 6.42 Å². The zero-order valence-electron chi connectivity index (χ0n) is 10.4. The Hall–Kier alpha value is -1.38. The molecular formula is C11H18N3O5+. The number of nitrogens with two attached hydrogens (primary N) is 1. The standard InChI is InChI=1S/C11H17N3O5/c1-3-2-4-8(17)13-10(12)14-11(4)6(15)5(3)19-9(18)7(11)16/h3-8,15-17H,2H2,1H3,(H3,12,13,14)/p+1/t3-,4-,5-,6+,7-,8-,11-/m1/s1. The van der Waals surface area contributed by atoms with Gasteiger partial charge in [0.15, 0.2) is 17.9 Å². The summed E-state index contributed by atoms with van der Waals surface area (Å²) in [5.74, 6) is -1.46. The Labute approximate surface area is 109 Å². The first-order chi connectivity index (χ1) is 8.87. The third-order valence-electron chi connectivity index (χ3n) is 4.56. The van der Waals surface area contributed by atoms with Crippen molar-refractivity contribution in [2.45, 2.75) is 43.4 Å². The molecule has 0 radical (unpaired) electrons. The molecule has 0 aromatic carbocycles. The minimum atomic E-state index is -1.58.